The summed E-state index contributed by atoms with van der Waals surface area (Å²) >= 11 is 0. The highest BCUT2D eigenvalue weighted by molar-refractivity contribution is 7.89. The first-order valence-corrected chi connectivity index (χ1v) is 11.0. The van der Waals surface area contributed by atoms with Gasteiger partial charge in [0.15, 0.2) is 0 Å². The Morgan fingerprint density at radius 2 is 1.57 bits per heavy atom. The van der Waals surface area contributed by atoms with Gasteiger partial charge in [0.25, 0.3) is 0 Å². The summed E-state index contributed by atoms with van der Waals surface area (Å²) in [6, 6.07) is 14.0. The largest absolute Gasteiger partial charge is 0.494 e. The molecule has 0 bridgehead atoms. The normalized spacial score (nSPS) is 11.4. The Morgan fingerprint density at radius 3 is 2.11 bits per heavy atom. The van der Waals surface area contributed by atoms with E-state index in [2.05, 4.69) is 5.32 Å². The van der Waals surface area contributed by atoms with E-state index in [0.717, 1.165) is 11.3 Å². The Kier molecular flexibility index (Phi) is 8.02. The minimum atomic E-state index is -3.45. The smallest absolute Gasteiger partial charge is 0.243 e. The van der Waals surface area contributed by atoms with E-state index in [-0.39, 0.29) is 10.8 Å². The van der Waals surface area contributed by atoms with Crippen molar-refractivity contribution in [2.45, 2.75) is 38.5 Å². The topological polar surface area (TPSA) is 75.7 Å². The fourth-order valence-electron chi connectivity index (χ4n) is 2.82. The van der Waals surface area contributed by atoms with Crippen LogP contribution in [0.1, 0.15) is 32.8 Å². The molecular formula is C21H28N2O4S. The number of nitrogens with zero attached hydrogens (tertiary/aromatic N) is 1. The van der Waals surface area contributed by atoms with Gasteiger partial charge in [-0.1, -0.05) is 26.0 Å². The van der Waals surface area contributed by atoms with Crippen molar-refractivity contribution < 1.29 is 17.9 Å². The van der Waals surface area contributed by atoms with Crippen molar-refractivity contribution in [2.75, 3.05) is 25.0 Å². The van der Waals surface area contributed by atoms with Gasteiger partial charge in [0.1, 0.15) is 5.75 Å². The molecule has 7 heteroatoms. The van der Waals surface area contributed by atoms with Crippen molar-refractivity contribution in [1.82, 2.24) is 4.31 Å². The summed E-state index contributed by atoms with van der Waals surface area (Å²) in [5.41, 5.74) is 1.63. The number of rotatable bonds is 10. The molecule has 2 aromatic rings. The van der Waals surface area contributed by atoms with Crippen molar-refractivity contribution in [1.29, 1.82) is 0 Å². The van der Waals surface area contributed by atoms with Crippen LogP contribution in [0.3, 0.4) is 0 Å². The Balaban J connectivity index is 1.91. The lowest BCUT2D eigenvalue weighted by Crippen LogP contribution is -2.30. The molecule has 0 aliphatic heterocycles. The molecule has 0 aromatic heterocycles. The number of anilines is 1. The standard InChI is InChI=1S/C21H28N2O4S/c1-4-23(5-2)28(25,26)20-14-7-17(8-15-20)9-16-21(24)22-18-10-12-19(13-11-18)27-6-3/h7-8,10-15H,4-6,9,16H2,1-3H3,(H,22,24). The zero-order chi connectivity index (χ0) is 20.6. The Hall–Kier alpha value is -2.38. The number of nitrogens with one attached hydrogen (secondary N) is 1. The van der Waals surface area contributed by atoms with E-state index in [4.69, 9.17) is 4.74 Å². The maximum Gasteiger partial charge on any atom is 0.243 e. The summed E-state index contributed by atoms with van der Waals surface area (Å²) < 4.78 is 31.8. The SMILES string of the molecule is CCOc1ccc(NC(=O)CCc2ccc(S(=O)(=O)N(CC)CC)cc2)cc1. The van der Waals surface area contributed by atoms with Crippen molar-refractivity contribution in [2.24, 2.45) is 0 Å². The van der Waals surface area contributed by atoms with E-state index in [1.807, 2.05) is 32.9 Å². The summed E-state index contributed by atoms with van der Waals surface area (Å²) in [6.07, 6.45) is 0.851. The van der Waals surface area contributed by atoms with E-state index >= 15 is 0 Å². The van der Waals surface area contributed by atoms with Crippen LogP contribution in [0.15, 0.2) is 53.4 Å². The lowest BCUT2D eigenvalue weighted by molar-refractivity contribution is -0.116. The molecule has 0 atom stereocenters. The van der Waals surface area contributed by atoms with Gasteiger partial charge in [0.2, 0.25) is 15.9 Å². The van der Waals surface area contributed by atoms with Gasteiger partial charge in [-0.2, -0.15) is 4.31 Å². The highest BCUT2D eigenvalue weighted by atomic mass is 32.2. The molecule has 0 heterocycles. The number of sulfonamides is 1. The summed E-state index contributed by atoms with van der Waals surface area (Å²) in [4.78, 5) is 12.4. The maximum atomic E-state index is 12.5. The van der Waals surface area contributed by atoms with Crippen molar-refractivity contribution in [3.8, 4) is 5.75 Å². The fourth-order valence-corrected chi connectivity index (χ4v) is 4.28. The van der Waals surface area contributed by atoms with Crippen LogP contribution in [0.4, 0.5) is 5.69 Å². The molecule has 0 aliphatic carbocycles. The number of hydrogen-bond donors (Lipinski definition) is 1. The van der Waals surface area contributed by atoms with Crippen LogP contribution in [0.25, 0.3) is 0 Å². The molecule has 0 fully saturated rings. The van der Waals surface area contributed by atoms with Gasteiger partial charge in [-0.3, -0.25) is 4.79 Å². The van der Waals surface area contributed by atoms with Crippen LogP contribution < -0.4 is 10.1 Å². The van der Waals surface area contributed by atoms with Crippen molar-refractivity contribution >= 4 is 21.6 Å². The van der Waals surface area contributed by atoms with Gasteiger partial charge < -0.3 is 10.1 Å². The van der Waals surface area contributed by atoms with Crippen LogP contribution in [0.5, 0.6) is 5.75 Å². The van der Waals surface area contributed by atoms with Gasteiger partial charge in [-0.15, -0.1) is 0 Å². The van der Waals surface area contributed by atoms with E-state index in [0.29, 0.717) is 38.2 Å². The number of ether oxygens (including phenoxy) is 1. The molecule has 0 saturated carbocycles. The van der Waals surface area contributed by atoms with Crippen LogP contribution in [-0.4, -0.2) is 38.3 Å². The minimum absolute atomic E-state index is 0.0935. The van der Waals surface area contributed by atoms with E-state index < -0.39 is 10.0 Å². The van der Waals surface area contributed by atoms with Gasteiger partial charge in [-0.05, 0) is 55.3 Å². The lowest BCUT2D eigenvalue weighted by atomic mass is 10.1. The maximum absolute atomic E-state index is 12.5. The number of carbonyl (C=O) groups is 1. The predicted molar refractivity (Wildman–Crippen MR) is 111 cm³/mol. The monoisotopic (exact) mass is 404 g/mol. The third kappa shape index (κ3) is 5.81. The van der Waals surface area contributed by atoms with Gasteiger partial charge >= 0.3 is 0 Å². The van der Waals surface area contributed by atoms with E-state index in [1.165, 1.54) is 4.31 Å². The average molecular weight is 405 g/mol. The Labute approximate surface area is 167 Å². The second-order valence-corrected chi connectivity index (χ2v) is 8.18. The van der Waals surface area contributed by atoms with Crippen molar-refractivity contribution in [3.63, 3.8) is 0 Å². The van der Waals surface area contributed by atoms with E-state index in [9.17, 15) is 13.2 Å². The number of carbonyl (C=O) groups excluding carboxylic acids is 1. The molecule has 2 rings (SSSR count). The quantitative estimate of drug-likeness (QED) is 0.655. The number of benzene rings is 2. The first-order valence-electron chi connectivity index (χ1n) is 9.52. The molecule has 0 saturated heterocycles. The average Bonchev–Trinajstić information content (AvgIpc) is 2.69. The third-order valence-corrected chi connectivity index (χ3v) is 6.42. The molecule has 0 unspecified atom stereocenters. The van der Waals surface area contributed by atoms with Gasteiger partial charge in [0.05, 0.1) is 11.5 Å². The number of amides is 1. The molecule has 152 valence electrons. The molecule has 0 spiro atoms. The highest BCUT2D eigenvalue weighted by Gasteiger charge is 2.21. The summed E-state index contributed by atoms with van der Waals surface area (Å²) in [5.74, 6) is 0.671. The highest BCUT2D eigenvalue weighted by Crippen LogP contribution is 2.18. The summed E-state index contributed by atoms with van der Waals surface area (Å²) in [5, 5.41) is 2.85. The fraction of sp³-hybridized carbons (Fsp3) is 0.381. The number of hydrogen-bond acceptors (Lipinski definition) is 4. The molecule has 1 amide bonds. The second kappa shape index (κ2) is 10.2. The van der Waals surface area contributed by atoms with Crippen LogP contribution in [0, 0.1) is 0 Å². The van der Waals surface area contributed by atoms with Crippen LogP contribution >= 0.6 is 0 Å². The first kappa shape index (κ1) is 21.9. The molecule has 28 heavy (non-hydrogen) atoms. The minimum Gasteiger partial charge on any atom is -0.494 e. The summed E-state index contributed by atoms with van der Waals surface area (Å²) in [6.45, 7) is 7.03. The van der Waals surface area contributed by atoms with Crippen LogP contribution in [-0.2, 0) is 21.2 Å². The second-order valence-electron chi connectivity index (χ2n) is 6.24. The predicted octanol–water partition coefficient (Wildman–Crippen LogP) is 3.69. The summed E-state index contributed by atoms with van der Waals surface area (Å²) in [7, 11) is -3.45. The zero-order valence-electron chi connectivity index (χ0n) is 16.6. The van der Waals surface area contributed by atoms with Gasteiger partial charge in [-0.25, -0.2) is 8.42 Å². The zero-order valence-corrected chi connectivity index (χ0v) is 17.5. The third-order valence-electron chi connectivity index (χ3n) is 4.36. The molecule has 2 aromatic carbocycles. The van der Waals surface area contributed by atoms with Crippen LogP contribution in [0.2, 0.25) is 0 Å². The first-order chi connectivity index (χ1) is 13.4. The Morgan fingerprint density at radius 1 is 0.964 bits per heavy atom. The molecule has 0 aliphatic rings. The molecular weight excluding hydrogens is 376 g/mol. The van der Waals surface area contributed by atoms with E-state index in [1.54, 1.807) is 36.4 Å². The van der Waals surface area contributed by atoms with Crippen molar-refractivity contribution in [3.05, 3.63) is 54.1 Å². The molecule has 0 radical (unpaired) electrons. The molecule has 6 nitrogen and oxygen atoms in total. The lowest BCUT2D eigenvalue weighted by Gasteiger charge is -2.18. The number of aryl methyl sites for hydroxylation is 1. The molecule has 1 N–H and O–H groups in total. The Bertz CT molecular complexity index is 858. The van der Waals surface area contributed by atoms with Gasteiger partial charge in [0, 0.05) is 25.2 Å².